The Labute approximate surface area is 136 Å². The van der Waals surface area contributed by atoms with Crippen LogP contribution in [0.25, 0.3) is 0 Å². The molecule has 2 aromatic carbocycles. The molecule has 5 heteroatoms. The number of anilines is 1. The predicted molar refractivity (Wildman–Crippen MR) is 93.7 cm³/mol. The van der Waals surface area contributed by atoms with Crippen LogP contribution >= 0.6 is 12.2 Å². The van der Waals surface area contributed by atoms with Gasteiger partial charge in [0.05, 0.1) is 6.61 Å². The summed E-state index contributed by atoms with van der Waals surface area (Å²) in [7, 11) is 1.67. The van der Waals surface area contributed by atoms with Crippen LogP contribution < -0.4 is 15.4 Å². The van der Waals surface area contributed by atoms with E-state index in [0.29, 0.717) is 11.7 Å². The van der Waals surface area contributed by atoms with Crippen LogP contribution in [-0.2, 0) is 4.74 Å². The summed E-state index contributed by atoms with van der Waals surface area (Å²) < 4.78 is 10.8. The molecule has 116 valence electrons. The molecule has 2 rings (SSSR count). The molecule has 0 fully saturated rings. The summed E-state index contributed by atoms with van der Waals surface area (Å²) in [6.07, 6.45) is 0. The Morgan fingerprint density at radius 2 is 1.68 bits per heavy atom. The third-order valence-electron chi connectivity index (χ3n) is 2.89. The van der Waals surface area contributed by atoms with Crippen molar-refractivity contribution < 1.29 is 9.47 Å². The van der Waals surface area contributed by atoms with E-state index in [9.17, 15) is 0 Å². The van der Waals surface area contributed by atoms with Crippen LogP contribution in [-0.4, -0.2) is 24.9 Å². The van der Waals surface area contributed by atoms with Gasteiger partial charge in [0.25, 0.3) is 0 Å². The molecule has 0 bridgehead atoms. The van der Waals surface area contributed by atoms with Crippen LogP contribution in [0.1, 0.15) is 6.92 Å². The lowest BCUT2D eigenvalue weighted by Gasteiger charge is -2.16. The Balaban J connectivity index is 1.88. The van der Waals surface area contributed by atoms with Crippen molar-refractivity contribution in [2.75, 3.05) is 19.0 Å². The third-order valence-corrected chi connectivity index (χ3v) is 3.11. The Kier molecular flexibility index (Phi) is 6.18. The van der Waals surface area contributed by atoms with Gasteiger partial charge >= 0.3 is 0 Å². The molecule has 0 heterocycles. The Morgan fingerprint density at radius 1 is 1.05 bits per heavy atom. The Hall–Kier alpha value is -2.11. The molecule has 2 N–H and O–H groups in total. The molecule has 0 aliphatic rings. The summed E-state index contributed by atoms with van der Waals surface area (Å²) in [6.45, 7) is 2.61. The number of benzene rings is 2. The molecule has 0 aliphatic heterocycles. The zero-order valence-corrected chi connectivity index (χ0v) is 13.5. The van der Waals surface area contributed by atoms with Gasteiger partial charge in [-0.25, -0.2) is 0 Å². The van der Waals surface area contributed by atoms with E-state index in [1.807, 2.05) is 61.5 Å². The highest BCUT2D eigenvalue weighted by Crippen LogP contribution is 2.22. The van der Waals surface area contributed by atoms with E-state index < -0.39 is 0 Å². The third kappa shape index (κ3) is 5.35. The maximum Gasteiger partial charge on any atom is 0.171 e. The van der Waals surface area contributed by atoms with Crippen LogP contribution in [0.4, 0.5) is 5.69 Å². The maximum atomic E-state index is 5.74. The van der Waals surface area contributed by atoms with Gasteiger partial charge in [0.1, 0.15) is 11.5 Å². The van der Waals surface area contributed by atoms with Crippen molar-refractivity contribution in [2.45, 2.75) is 13.0 Å². The van der Waals surface area contributed by atoms with E-state index in [4.69, 9.17) is 21.7 Å². The van der Waals surface area contributed by atoms with E-state index in [1.165, 1.54) is 0 Å². The average molecular weight is 316 g/mol. The molecule has 1 atom stereocenters. The van der Waals surface area contributed by atoms with E-state index in [1.54, 1.807) is 7.11 Å². The monoisotopic (exact) mass is 316 g/mol. The second-order valence-corrected chi connectivity index (χ2v) is 5.30. The largest absolute Gasteiger partial charge is 0.457 e. The van der Waals surface area contributed by atoms with Crippen LogP contribution in [0.3, 0.4) is 0 Å². The average Bonchev–Trinajstić information content (AvgIpc) is 2.50. The molecule has 0 aliphatic carbocycles. The fourth-order valence-corrected chi connectivity index (χ4v) is 2.23. The summed E-state index contributed by atoms with van der Waals surface area (Å²) in [4.78, 5) is 0. The number of rotatable bonds is 6. The van der Waals surface area contributed by atoms with E-state index in [-0.39, 0.29) is 6.04 Å². The summed E-state index contributed by atoms with van der Waals surface area (Å²) >= 11 is 5.26. The molecule has 0 radical (unpaired) electrons. The molecule has 0 aromatic heterocycles. The van der Waals surface area contributed by atoms with Crippen LogP contribution in [0.15, 0.2) is 54.6 Å². The zero-order chi connectivity index (χ0) is 15.8. The minimum absolute atomic E-state index is 0.158. The van der Waals surface area contributed by atoms with Crippen LogP contribution in [0, 0.1) is 0 Å². The molecule has 4 nitrogen and oxygen atoms in total. The van der Waals surface area contributed by atoms with Crippen LogP contribution in [0.2, 0.25) is 0 Å². The smallest absolute Gasteiger partial charge is 0.171 e. The first-order valence-electron chi connectivity index (χ1n) is 7.07. The van der Waals surface area contributed by atoms with Crippen molar-refractivity contribution in [2.24, 2.45) is 0 Å². The van der Waals surface area contributed by atoms with Crippen molar-refractivity contribution in [1.82, 2.24) is 5.32 Å². The summed E-state index contributed by atoms with van der Waals surface area (Å²) in [6, 6.07) is 17.5. The number of hydrogen-bond donors (Lipinski definition) is 2. The topological polar surface area (TPSA) is 42.5 Å². The second-order valence-electron chi connectivity index (χ2n) is 4.89. The summed E-state index contributed by atoms with van der Waals surface area (Å²) in [5, 5.41) is 6.85. The number of methoxy groups -OCH3 is 1. The Bertz CT molecular complexity index is 587. The van der Waals surface area contributed by atoms with E-state index >= 15 is 0 Å². The van der Waals surface area contributed by atoms with Gasteiger partial charge in [-0.3, -0.25) is 0 Å². The van der Waals surface area contributed by atoms with Gasteiger partial charge in [0, 0.05) is 18.8 Å². The maximum absolute atomic E-state index is 5.74. The van der Waals surface area contributed by atoms with E-state index in [0.717, 1.165) is 17.2 Å². The first-order valence-corrected chi connectivity index (χ1v) is 7.47. The fraction of sp³-hybridized carbons (Fsp3) is 0.235. The van der Waals surface area contributed by atoms with Crippen molar-refractivity contribution in [3.63, 3.8) is 0 Å². The molecular formula is C17H20N2O2S. The van der Waals surface area contributed by atoms with Crippen molar-refractivity contribution >= 4 is 23.0 Å². The highest BCUT2D eigenvalue weighted by atomic mass is 32.1. The molecular weight excluding hydrogens is 296 g/mol. The van der Waals surface area contributed by atoms with E-state index in [2.05, 4.69) is 10.6 Å². The molecule has 0 amide bonds. The van der Waals surface area contributed by atoms with Crippen molar-refractivity contribution in [3.8, 4) is 11.5 Å². The number of nitrogens with one attached hydrogen (secondary N) is 2. The quantitative estimate of drug-likeness (QED) is 0.794. The van der Waals surface area contributed by atoms with Crippen molar-refractivity contribution in [3.05, 3.63) is 54.6 Å². The summed E-state index contributed by atoms with van der Waals surface area (Å²) in [5.74, 6) is 1.59. The van der Waals surface area contributed by atoms with Gasteiger partial charge in [0.2, 0.25) is 0 Å². The lowest BCUT2D eigenvalue weighted by Crippen LogP contribution is -2.38. The summed E-state index contributed by atoms with van der Waals surface area (Å²) in [5.41, 5.74) is 0.905. The number of para-hydroxylation sites is 1. The lowest BCUT2D eigenvalue weighted by molar-refractivity contribution is 0.179. The normalized spacial score (nSPS) is 11.5. The van der Waals surface area contributed by atoms with Gasteiger partial charge < -0.3 is 20.1 Å². The standard InChI is InChI=1S/C17H20N2O2S/c1-13(12-20-2)18-17(22)19-14-8-10-16(11-9-14)21-15-6-4-3-5-7-15/h3-11,13H,12H2,1-2H3,(H2,18,19,22)/t13-/m0/s1. The van der Waals surface area contributed by atoms with Crippen LogP contribution in [0.5, 0.6) is 11.5 Å². The first-order chi connectivity index (χ1) is 10.7. The second kappa shape index (κ2) is 8.36. The van der Waals surface area contributed by atoms with Gasteiger partial charge in [-0.05, 0) is 55.5 Å². The predicted octanol–water partition coefficient (Wildman–Crippen LogP) is 3.80. The van der Waals surface area contributed by atoms with Gasteiger partial charge in [-0.15, -0.1) is 0 Å². The lowest BCUT2D eigenvalue weighted by atomic mass is 10.3. The number of thiocarbonyl (C=S) groups is 1. The molecule has 0 saturated carbocycles. The van der Waals surface area contributed by atoms with Gasteiger partial charge in [-0.1, -0.05) is 18.2 Å². The molecule has 2 aromatic rings. The minimum Gasteiger partial charge on any atom is -0.457 e. The SMILES string of the molecule is COC[C@H](C)NC(=S)Nc1ccc(Oc2ccccc2)cc1. The van der Waals surface area contributed by atoms with Crippen molar-refractivity contribution in [1.29, 1.82) is 0 Å². The van der Waals surface area contributed by atoms with Gasteiger partial charge in [-0.2, -0.15) is 0 Å². The molecule has 0 saturated heterocycles. The number of hydrogen-bond acceptors (Lipinski definition) is 3. The molecule has 22 heavy (non-hydrogen) atoms. The minimum atomic E-state index is 0.158. The molecule has 0 unspecified atom stereocenters. The first kappa shape index (κ1) is 16.3. The molecule has 0 spiro atoms. The zero-order valence-electron chi connectivity index (χ0n) is 12.7. The highest BCUT2D eigenvalue weighted by Gasteiger charge is 2.04. The fourth-order valence-electron chi connectivity index (χ4n) is 1.91. The Morgan fingerprint density at radius 3 is 2.32 bits per heavy atom. The highest BCUT2D eigenvalue weighted by molar-refractivity contribution is 7.80. The van der Waals surface area contributed by atoms with Gasteiger partial charge in [0.15, 0.2) is 5.11 Å². The number of ether oxygens (including phenoxy) is 2.